The number of hydrogen-bond acceptors (Lipinski definition) is 3. The van der Waals surface area contributed by atoms with Gasteiger partial charge in [-0.15, -0.1) is 0 Å². The first-order chi connectivity index (χ1) is 3.95. The molecule has 3 heteroatoms. The van der Waals surface area contributed by atoms with Crippen LogP contribution in [-0.4, -0.2) is 18.1 Å². The number of nitrogens with two attached hydrogens (primary N) is 1. The molecule has 0 spiro atoms. The van der Waals surface area contributed by atoms with Crippen molar-refractivity contribution in [2.75, 3.05) is 6.54 Å². The maximum Gasteiger partial charge on any atom is 0.323 e. The molecule has 0 aliphatic carbocycles. The lowest BCUT2D eigenvalue weighted by Gasteiger charge is -2.11. The normalized spacial score (nSPS) is 11.0. The second kappa shape index (κ2) is 2.73. The summed E-state index contributed by atoms with van der Waals surface area (Å²) in [6.45, 7) is 6.87. The van der Waals surface area contributed by atoms with Crippen molar-refractivity contribution in [1.29, 1.82) is 0 Å². The fourth-order valence-electron chi connectivity index (χ4n) is 0.350. The highest BCUT2D eigenvalue weighted by molar-refractivity contribution is 5.71. The van der Waals surface area contributed by atoms with Gasteiger partial charge in [0.05, 0.1) is 6.54 Å². The quantitative estimate of drug-likeness (QED) is 0.426. The molecule has 0 atom stereocenters. The van der Waals surface area contributed by atoms with E-state index in [-0.39, 0.29) is 6.54 Å². The van der Waals surface area contributed by atoms with E-state index in [1.54, 1.807) is 13.8 Å². The van der Waals surface area contributed by atoms with Crippen LogP contribution in [-0.2, 0) is 9.53 Å². The summed E-state index contributed by atoms with van der Waals surface area (Å²) < 4.78 is 4.71. The van der Waals surface area contributed by atoms with Gasteiger partial charge >= 0.3 is 5.97 Å². The largest absolute Gasteiger partial charge is 0.418 e. The molecule has 0 aromatic rings. The summed E-state index contributed by atoms with van der Waals surface area (Å²) in [4.78, 5) is 10.4. The zero-order valence-electron chi connectivity index (χ0n) is 5.81. The van der Waals surface area contributed by atoms with E-state index in [9.17, 15) is 4.79 Å². The Kier molecular flexibility index (Phi) is 2.52. The summed E-state index contributed by atoms with van der Waals surface area (Å²) in [5.41, 5.74) is 4.32. The molecule has 0 saturated heterocycles. The second-order valence-electron chi connectivity index (χ2n) is 2.44. The highest BCUT2D eigenvalue weighted by Gasteiger charge is 2.21. The summed E-state index contributed by atoms with van der Waals surface area (Å²) in [6.07, 6.45) is 0. The molecule has 0 rings (SSSR count). The van der Waals surface area contributed by atoms with Gasteiger partial charge in [-0.25, -0.2) is 0 Å². The molecule has 0 fully saturated rings. The molecule has 0 saturated carbocycles. The second-order valence-corrected chi connectivity index (χ2v) is 2.44. The van der Waals surface area contributed by atoms with E-state index in [4.69, 9.17) is 10.5 Å². The zero-order chi connectivity index (χ0) is 7.49. The maximum atomic E-state index is 10.4. The Balaban J connectivity index is 3.60. The summed E-state index contributed by atoms with van der Waals surface area (Å²) in [5, 5.41) is 0. The Morgan fingerprint density at radius 1 is 1.78 bits per heavy atom. The van der Waals surface area contributed by atoms with Crippen LogP contribution < -0.4 is 5.73 Å². The average Bonchev–Trinajstić information content (AvgIpc) is 1.62. The summed E-state index contributed by atoms with van der Waals surface area (Å²) in [7, 11) is 0. The lowest BCUT2D eigenvalue weighted by atomic mass is 10.2. The molecule has 0 aliphatic rings. The summed E-state index contributed by atoms with van der Waals surface area (Å²) in [6, 6.07) is 0. The molecule has 0 amide bonds. The average molecular weight is 130 g/mol. The lowest BCUT2D eigenvalue weighted by Crippen LogP contribution is -2.28. The van der Waals surface area contributed by atoms with Crippen LogP contribution >= 0.6 is 0 Å². The van der Waals surface area contributed by atoms with Crippen molar-refractivity contribution in [3.05, 3.63) is 6.92 Å². The minimum absolute atomic E-state index is 0.0844. The molecule has 9 heavy (non-hydrogen) atoms. The number of carbonyl (C=O) groups is 1. The summed E-state index contributed by atoms with van der Waals surface area (Å²) >= 11 is 0. The van der Waals surface area contributed by atoms with Crippen LogP contribution in [0.25, 0.3) is 0 Å². The van der Waals surface area contributed by atoms with Gasteiger partial charge in [0.15, 0.2) is 0 Å². The molecule has 0 unspecified atom stereocenters. The molecule has 0 aliphatic heterocycles. The Morgan fingerprint density at radius 2 is 2.22 bits per heavy atom. The standard InChI is InChI=1S/C6H12NO2/c1-6(2,3)9-5(8)4-7/h1,4,7H2,2-3H3/q+1. The van der Waals surface area contributed by atoms with Gasteiger partial charge in [-0.1, -0.05) is 0 Å². The van der Waals surface area contributed by atoms with Gasteiger partial charge in [0, 0.05) is 13.8 Å². The first kappa shape index (κ1) is 8.30. The third-order valence-corrected chi connectivity index (χ3v) is 0.557. The van der Waals surface area contributed by atoms with E-state index in [1.165, 1.54) is 0 Å². The molecule has 0 heterocycles. The summed E-state index contributed by atoms with van der Waals surface area (Å²) in [5.74, 6) is -0.421. The number of esters is 1. The van der Waals surface area contributed by atoms with E-state index in [0.717, 1.165) is 0 Å². The van der Waals surface area contributed by atoms with Gasteiger partial charge in [0.2, 0.25) is 5.60 Å². The minimum atomic E-state index is -0.656. The van der Waals surface area contributed by atoms with E-state index >= 15 is 0 Å². The van der Waals surface area contributed by atoms with Crippen molar-refractivity contribution in [2.24, 2.45) is 5.73 Å². The van der Waals surface area contributed by atoms with E-state index in [1.807, 2.05) is 0 Å². The van der Waals surface area contributed by atoms with Gasteiger partial charge in [0.1, 0.15) is 6.92 Å². The molecular formula is C6H12NO2+. The van der Waals surface area contributed by atoms with Crippen LogP contribution in [0.3, 0.4) is 0 Å². The fourth-order valence-corrected chi connectivity index (χ4v) is 0.350. The molecular weight excluding hydrogens is 118 g/mol. The van der Waals surface area contributed by atoms with Crippen molar-refractivity contribution in [3.63, 3.8) is 0 Å². The van der Waals surface area contributed by atoms with Crippen molar-refractivity contribution < 1.29 is 9.53 Å². The molecule has 2 N–H and O–H groups in total. The number of rotatable bonds is 2. The molecule has 0 radical (unpaired) electrons. The fraction of sp³-hybridized carbons (Fsp3) is 0.667. The predicted molar refractivity (Wildman–Crippen MR) is 34.6 cm³/mol. The SMILES string of the molecule is [CH2+]C(C)(C)OC(=O)CN. The van der Waals surface area contributed by atoms with Gasteiger partial charge in [-0.3, -0.25) is 4.79 Å². The van der Waals surface area contributed by atoms with Crippen molar-refractivity contribution in [3.8, 4) is 0 Å². The van der Waals surface area contributed by atoms with Crippen LogP contribution in [0.2, 0.25) is 0 Å². The Labute approximate surface area is 55.2 Å². The molecule has 0 aromatic carbocycles. The van der Waals surface area contributed by atoms with Crippen molar-refractivity contribution in [1.82, 2.24) is 0 Å². The number of carbonyl (C=O) groups excluding carboxylic acids is 1. The van der Waals surface area contributed by atoms with Crippen LogP contribution in [0, 0.1) is 6.92 Å². The van der Waals surface area contributed by atoms with Crippen LogP contribution in [0.5, 0.6) is 0 Å². The van der Waals surface area contributed by atoms with Crippen molar-refractivity contribution >= 4 is 5.97 Å². The highest BCUT2D eigenvalue weighted by Crippen LogP contribution is 2.04. The third-order valence-electron chi connectivity index (χ3n) is 0.557. The van der Waals surface area contributed by atoms with Crippen LogP contribution in [0.15, 0.2) is 0 Å². The molecule has 52 valence electrons. The maximum absolute atomic E-state index is 10.4. The predicted octanol–water partition coefficient (Wildman–Crippen LogP) is 0.101. The number of hydrogen-bond donors (Lipinski definition) is 1. The highest BCUT2D eigenvalue weighted by atomic mass is 16.6. The number of ether oxygens (including phenoxy) is 1. The Morgan fingerprint density at radius 3 is 2.33 bits per heavy atom. The zero-order valence-corrected chi connectivity index (χ0v) is 5.81. The van der Waals surface area contributed by atoms with E-state index in [0.29, 0.717) is 0 Å². The van der Waals surface area contributed by atoms with Crippen molar-refractivity contribution in [2.45, 2.75) is 19.4 Å². The first-order valence-corrected chi connectivity index (χ1v) is 2.73. The third kappa shape index (κ3) is 5.17. The Hall–Kier alpha value is -0.700. The monoisotopic (exact) mass is 130 g/mol. The van der Waals surface area contributed by atoms with Gasteiger partial charge in [-0.05, 0) is 0 Å². The van der Waals surface area contributed by atoms with Crippen LogP contribution in [0.4, 0.5) is 0 Å². The van der Waals surface area contributed by atoms with Crippen LogP contribution in [0.1, 0.15) is 13.8 Å². The first-order valence-electron chi connectivity index (χ1n) is 2.73. The van der Waals surface area contributed by atoms with Gasteiger partial charge in [-0.2, -0.15) is 0 Å². The molecule has 0 bridgehead atoms. The van der Waals surface area contributed by atoms with Gasteiger partial charge < -0.3 is 10.5 Å². The van der Waals surface area contributed by atoms with Gasteiger partial charge in [0.25, 0.3) is 0 Å². The smallest absolute Gasteiger partial charge is 0.323 e. The van der Waals surface area contributed by atoms with E-state index in [2.05, 4.69) is 6.92 Å². The molecule has 0 aromatic heterocycles. The Bertz CT molecular complexity index is 104. The lowest BCUT2D eigenvalue weighted by molar-refractivity contribution is -0.150. The minimum Gasteiger partial charge on any atom is -0.418 e. The molecule has 3 nitrogen and oxygen atoms in total. The van der Waals surface area contributed by atoms with E-state index < -0.39 is 11.6 Å². The topological polar surface area (TPSA) is 52.3 Å².